The molecule has 0 spiro atoms. The number of nitrogens with zero attached hydrogens (tertiary/aromatic N) is 1. The van der Waals surface area contributed by atoms with Crippen LogP contribution in [0.2, 0.25) is 0 Å². The molecule has 0 saturated heterocycles. The normalized spacial score (nSPS) is 14.6. The number of carbonyl (C=O) groups excluding carboxylic acids is 1. The van der Waals surface area contributed by atoms with Crippen molar-refractivity contribution in [2.24, 2.45) is 11.7 Å². The van der Waals surface area contributed by atoms with Gasteiger partial charge in [-0.25, -0.2) is 0 Å². The van der Waals surface area contributed by atoms with Gasteiger partial charge in [0.05, 0.1) is 10.5 Å². The van der Waals surface area contributed by atoms with Crippen molar-refractivity contribution in [1.29, 1.82) is 0 Å². The lowest BCUT2D eigenvalue weighted by Crippen LogP contribution is -2.38. The van der Waals surface area contributed by atoms with Crippen molar-refractivity contribution in [3.63, 3.8) is 0 Å². The summed E-state index contributed by atoms with van der Waals surface area (Å²) in [6.45, 7) is 0.330. The Morgan fingerprint density at radius 3 is 2.64 bits per heavy atom. The predicted molar refractivity (Wildman–Crippen MR) is 92.6 cm³/mol. The number of nitrogens with one attached hydrogen (secondary N) is 1. The van der Waals surface area contributed by atoms with E-state index >= 15 is 0 Å². The van der Waals surface area contributed by atoms with Gasteiger partial charge in [0.1, 0.15) is 11.5 Å². The lowest BCUT2D eigenvalue weighted by atomic mass is 10.1. The van der Waals surface area contributed by atoms with E-state index in [-0.39, 0.29) is 23.0 Å². The number of rotatable bonds is 7. The van der Waals surface area contributed by atoms with Gasteiger partial charge in [0, 0.05) is 24.7 Å². The van der Waals surface area contributed by atoms with Crippen LogP contribution in [-0.2, 0) is 0 Å². The first-order chi connectivity index (χ1) is 12.0. The Labute approximate surface area is 144 Å². The molecule has 7 heteroatoms. The summed E-state index contributed by atoms with van der Waals surface area (Å²) < 4.78 is 5.72. The van der Waals surface area contributed by atoms with Crippen molar-refractivity contribution in [3.05, 3.63) is 64.2 Å². The summed E-state index contributed by atoms with van der Waals surface area (Å²) in [7, 11) is 0. The topological polar surface area (TPSA) is 107 Å². The van der Waals surface area contributed by atoms with Gasteiger partial charge in [-0.2, -0.15) is 0 Å². The minimum absolute atomic E-state index is 0.0962. The Morgan fingerprint density at radius 1 is 1.28 bits per heavy atom. The molecular weight excluding hydrogens is 322 g/mol. The highest BCUT2D eigenvalue weighted by atomic mass is 16.6. The van der Waals surface area contributed by atoms with Crippen molar-refractivity contribution in [1.82, 2.24) is 5.32 Å². The van der Waals surface area contributed by atoms with Crippen molar-refractivity contribution in [2.75, 3.05) is 6.54 Å². The van der Waals surface area contributed by atoms with Crippen molar-refractivity contribution in [3.8, 4) is 11.5 Å². The summed E-state index contributed by atoms with van der Waals surface area (Å²) in [5.74, 6) is 0.811. The maximum atomic E-state index is 12.5. The van der Waals surface area contributed by atoms with Gasteiger partial charge in [-0.1, -0.05) is 18.2 Å². The molecule has 130 valence electrons. The highest BCUT2D eigenvalue weighted by Gasteiger charge is 2.29. The summed E-state index contributed by atoms with van der Waals surface area (Å²) in [4.78, 5) is 23.0. The molecule has 3 rings (SSSR count). The molecule has 7 nitrogen and oxygen atoms in total. The number of ether oxygens (including phenoxy) is 1. The van der Waals surface area contributed by atoms with Crippen LogP contribution in [-0.4, -0.2) is 23.4 Å². The van der Waals surface area contributed by atoms with Crippen LogP contribution in [0.25, 0.3) is 0 Å². The molecular formula is C18H19N3O4. The number of non-ortho nitro benzene ring substituents is 1. The van der Waals surface area contributed by atoms with Gasteiger partial charge in [0.25, 0.3) is 11.6 Å². The van der Waals surface area contributed by atoms with E-state index in [2.05, 4.69) is 5.32 Å². The molecule has 1 saturated carbocycles. The molecule has 0 bridgehead atoms. The van der Waals surface area contributed by atoms with E-state index < -0.39 is 10.8 Å². The van der Waals surface area contributed by atoms with Crippen LogP contribution >= 0.6 is 0 Å². The molecule has 25 heavy (non-hydrogen) atoms. The lowest BCUT2D eigenvalue weighted by molar-refractivity contribution is -0.384. The monoisotopic (exact) mass is 341 g/mol. The van der Waals surface area contributed by atoms with Gasteiger partial charge in [-0.3, -0.25) is 14.9 Å². The number of nitro benzene ring substituents is 1. The summed E-state index contributed by atoms with van der Waals surface area (Å²) in [5.41, 5.74) is 5.93. The van der Waals surface area contributed by atoms with Crippen molar-refractivity contribution >= 4 is 11.6 Å². The number of carbonyl (C=O) groups is 1. The Kier molecular flexibility index (Phi) is 4.95. The molecule has 0 radical (unpaired) electrons. The van der Waals surface area contributed by atoms with Gasteiger partial charge in [0.15, 0.2) is 0 Å². The molecule has 1 atom stereocenters. The summed E-state index contributed by atoms with van der Waals surface area (Å²) >= 11 is 0. The maximum absolute atomic E-state index is 12.5. The largest absolute Gasteiger partial charge is 0.457 e. The third kappa shape index (κ3) is 4.33. The number of nitrogens with two attached hydrogens (primary N) is 1. The second-order valence-electron chi connectivity index (χ2n) is 6.06. The van der Waals surface area contributed by atoms with Crippen molar-refractivity contribution < 1.29 is 14.5 Å². The minimum atomic E-state index is -0.543. The molecule has 2 aromatic rings. The van der Waals surface area contributed by atoms with Crippen molar-refractivity contribution in [2.45, 2.75) is 18.9 Å². The van der Waals surface area contributed by atoms with E-state index in [0.717, 1.165) is 12.8 Å². The smallest absolute Gasteiger partial charge is 0.270 e. The molecule has 0 aliphatic heterocycles. The third-order valence-electron chi connectivity index (χ3n) is 4.12. The fraction of sp³-hybridized carbons (Fsp3) is 0.278. The second-order valence-corrected chi connectivity index (χ2v) is 6.06. The van der Waals surface area contributed by atoms with Gasteiger partial charge < -0.3 is 15.8 Å². The number of nitro groups is 1. The van der Waals surface area contributed by atoms with Crippen LogP contribution in [0, 0.1) is 16.0 Å². The summed E-state index contributed by atoms with van der Waals surface area (Å²) in [5, 5.41) is 13.8. The third-order valence-corrected chi connectivity index (χ3v) is 4.12. The van der Waals surface area contributed by atoms with Crippen LogP contribution in [0.15, 0.2) is 48.5 Å². The van der Waals surface area contributed by atoms with Gasteiger partial charge >= 0.3 is 0 Å². The maximum Gasteiger partial charge on any atom is 0.270 e. The van der Waals surface area contributed by atoms with E-state index in [0.29, 0.717) is 18.2 Å². The molecule has 3 N–H and O–H groups in total. The van der Waals surface area contributed by atoms with Gasteiger partial charge in [-0.05, 0) is 37.0 Å². The van der Waals surface area contributed by atoms with E-state index in [4.69, 9.17) is 10.5 Å². The number of para-hydroxylation sites is 1. The molecule has 1 aliphatic rings. The van der Waals surface area contributed by atoms with Crippen LogP contribution < -0.4 is 15.8 Å². The highest BCUT2D eigenvalue weighted by Crippen LogP contribution is 2.31. The second kappa shape index (κ2) is 7.31. The Morgan fingerprint density at radius 2 is 2.00 bits per heavy atom. The zero-order chi connectivity index (χ0) is 17.8. The number of amides is 1. The summed E-state index contributed by atoms with van der Waals surface area (Å²) in [6.07, 6.45) is 2.16. The standard InChI is InChI=1S/C18H19N3O4/c19-16(12-6-7-12)11-20-18(22)15-10-13(21(23)24)8-9-17(15)25-14-4-2-1-3-5-14/h1-5,8-10,12,16H,6-7,11,19H2,(H,20,22). The Balaban J connectivity index is 1.81. The van der Waals surface area contributed by atoms with Gasteiger partial charge in [0.2, 0.25) is 0 Å². The first kappa shape index (κ1) is 16.9. The average Bonchev–Trinajstić information content (AvgIpc) is 3.45. The lowest BCUT2D eigenvalue weighted by Gasteiger charge is -2.14. The molecule has 1 aliphatic carbocycles. The predicted octanol–water partition coefficient (Wildman–Crippen LogP) is 2.85. The minimum Gasteiger partial charge on any atom is -0.457 e. The van der Waals surface area contributed by atoms with Gasteiger partial charge in [-0.15, -0.1) is 0 Å². The SMILES string of the molecule is NC(CNC(=O)c1cc([N+](=O)[O-])ccc1Oc1ccccc1)C1CC1. The van der Waals surface area contributed by atoms with Crippen LogP contribution in [0.5, 0.6) is 11.5 Å². The van der Waals surface area contributed by atoms with E-state index in [9.17, 15) is 14.9 Å². The fourth-order valence-electron chi connectivity index (χ4n) is 2.51. The fourth-order valence-corrected chi connectivity index (χ4v) is 2.51. The number of hydrogen-bond donors (Lipinski definition) is 2. The quantitative estimate of drug-likeness (QED) is 0.595. The zero-order valence-corrected chi connectivity index (χ0v) is 13.6. The van der Waals surface area contributed by atoms with Crippen LogP contribution in [0.3, 0.4) is 0 Å². The highest BCUT2D eigenvalue weighted by molar-refractivity contribution is 5.97. The molecule has 0 heterocycles. The van der Waals surface area contributed by atoms with E-state index in [1.54, 1.807) is 24.3 Å². The molecule has 2 aromatic carbocycles. The molecule has 1 fully saturated rings. The zero-order valence-electron chi connectivity index (χ0n) is 13.6. The Bertz CT molecular complexity index is 775. The first-order valence-electron chi connectivity index (χ1n) is 8.09. The van der Waals surface area contributed by atoms with Crippen LogP contribution in [0.4, 0.5) is 5.69 Å². The first-order valence-corrected chi connectivity index (χ1v) is 8.09. The molecule has 0 aromatic heterocycles. The average molecular weight is 341 g/mol. The molecule has 1 unspecified atom stereocenters. The number of benzene rings is 2. The van der Waals surface area contributed by atoms with E-state index in [1.807, 2.05) is 6.07 Å². The summed E-state index contributed by atoms with van der Waals surface area (Å²) in [6, 6.07) is 12.8. The molecule has 1 amide bonds. The number of hydrogen-bond acceptors (Lipinski definition) is 5. The van der Waals surface area contributed by atoms with Crippen LogP contribution in [0.1, 0.15) is 23.2 Å². The Hall–Kier alpha value is -2.93. The van der Waals surface area contributed by atoms with E-state index in [1.165, 1.54) is 18.2 Å².